The zero-order valence-electron chi connectivity index (χ0n) is 8.35. The summed E-state index contributed by atoms with van der Waals surface area (Å²) in [5.74, 6) is 0.631. The summed E-state index contributed by atoms with van der Waals surface area (Å²) in [5, 5.41) is 0. The Morgan fingerprint density at radius 3 is 2.29 bits per heavy atom. The summed E-state index contributed by atoms with van der Waals surface area (Å²) in [6.07, 6.45) is 3.42. The monoisotopic (exact) mass is 218 g/mol. The topological polar surface area (TPSA) is 63.4 Å². The van der Waals surface area contributed by atoms with Crippen molar-refractivity contribution in [3.05, 3.63) is 0 Å². The lowest BCUT2D eigenvalue weighted by Gasteiger charge is -2.34. The second-order valence-corrected chi connectivity index (χ2v) is 6.65. The minimum atomic E-state index is -2.75. The molecule has 0 aromatic carbocycles. The van der Waals surface area contributed by atoms with Gasteiger partial charge in [-0.1, -0.05) is 6.42 Å². The van der Waals surface area contributed by atoms with E-state index in [0.29, 0.717) is 30.6 Å². The average molecular weight is 218 g/mol. The van der Waals surface area contributed by atoms with Gasteiger partial charge in [0.25, 0.3) is 0 Å². The summed E-state index contributed by atoms with van der Waals surface area (Å²) in [7, 11) is -2.75. The quantitative estimate of drug-likeness (QED) is 0.650. The Labute approximate surface area is 85.4 Å². The van der Waals surface area contributed by atoms with Crippen molar-refractivity contribution in [1.82, 2.24) is 4.90 Å². The van der Waals surface area contributed by atoms with Crippen LogP contribution in [0.2, 0.25) is 0 Å². The molecule has 2 fully saturated rings. The Morgan fingerprint density at radius 1 is 1.14 bits per heavy atom. The van der Waals surface area contributed by atoms with Crippen molar-refractivity contribution in [3.63, 3.8) is 0 Å². The maximum absolute atomic E-state index is 11.2. The standard InChI is InChI=1S/C9H18N2O2S/c10-8-2-1-3-9(8)11-4-6-14(12,13)7-5-11/h8-9H,1-7,10H2. The highest BCUT2D eigenvalue weighted by atomic mass is 32.2. The van der Waals surface area contributed by atoms with Crippen LogP contribution in [0.15, 0.2) is 0 Å². The van der Waals surface area contributed by atoms with Gasteiger partial charge >= 0.3 is 0 Å². The molecule has 2 atom stereocenters. The first-order chi connectivity index (χ1) is 6.58. The van der Waals surface area contributed by atoms with Crippen LogP contribution in [0.3, 0.4) is 0 Å². The summed E-state index contributed by atoms with van der Waals surface area (Å²) in [5.41, 5.74) is 5.99. The molecule has 14 heavy (non-hydrogen) atoms. The lowest BCUT2D eigenvalue weighted by molar-refractivity contribution is 0.200. The fraction of sp³-hybridized carbons (Fsp3) is 1.00. The highest BCUT2D eigenvalue weighted by Gasteiger charge is 2.32. The van der Waals surface area contributed by atoms with Crippen LogP contribution in [0.25, 0.3) is 0 Å². The van der Waals surface area contributed by atoms with Gasteiger partial charge in [-0.2, -0.15) is 0 Å². The molecule has 0 aromatic heterocycles. The Hall–Kier alpha value is -0.130. The van der Waals surface area contributed by atoms with Crippen molar-refractivity contribution in [3.8, 4) is 0 Å². The van der Waals surface area contributed by atoms with E-state index in [4.69, 9.17) is 5.73 Å². The van der Waals surface area contributed by atoms with Crippen LogP contribution in [0.5, 0.6) is 0 Å². The van der Waals surface area contributed by atoms with Gasteiger partial charge in [-0.25, -0.2) is 8.42 Å². The minimum absolute atomic E-state index is 0.260. The Morgan fingerprint density at radius 2 is 1.79 bits per heavy atom. The van der Waals surface area contributed by atoms with Gasteiger partial charge in [0.05, 0.1) is 11.5 Å². The fourth-order valence-electron chi connectivity index (χ4n) is 2.48. The first-order valence-electron chi connectivity index (χ1n) is 5.28. The molecule has 2 rings (SSSR count). The lowest BCUT2D eigenvalue weighted by atomic mass is 10.1. The second kappa shape index (κ2) is 3.79. The molecule has 2 N–H and O–H groups in total. The van der Waals surface area contributed by atoms with Gasteiger partial charge in [0, 0.05) is 25.2 Å². The number of nitrogens with zero attached hydrogens (tertiary/aromatic N) is 1. The predicted molar refractivity (Wildman–Crippen MR) is 55.8 cm³/mol. The smallest absolute Gasteiger partial charge is 0.152 e. The van der Waals surface area contributed by atoms with Gasteiger partial charge in [-0.05, 0) is 12.8 Å². The first kappa shape index (κ1) is 10.4. The summed E-state index contributed by atoms with van der Waals surface area (Å²) in [6, 6.07) is 0.696. The van der Waals surface area contributed by atoms with E-state index in [1.54, 1.807) is 0 Å². The van der Waals surface area contributed by atoms with Crippen molar-refractivity contribution in [2.24, 2.45) is 5.73 Å². The van der Waals surface area contributed by atoms with Gasteiger partial charge in [0.2, 0.25) is 0 Å². The molecule has 0 amide bonds. The molecule has 1 saturated heterocycles. The Balaban J connectivity index is 1.95. The third-order valence-corrected chi connectivity index (χ3v) is 4.99. The van der Waals surface area contributed by atoms with Gasteiger partial charge in [0.15, 0.2) is 9.84 Å². The van der Waals surface area contributed by atoms with E-state index in [2.05, 4.69) is 4.90 Å². The normalized spacial score (nSPS) is 38.6. The summed E-state index contributed by atoms with van der Waals surface area (Å²) in [4.78, 5) is 2.26. The van der Waals surface area contributed by atoms with Crippen molar-refractivity contribution in [1.29, 1.82) is 0 Å². The second-order valence-electron chi connectivity index (χ2n) is 4.35. The maximum Gasteiger partial charge on any atom is 0.152 e. The van der Waals surface area contributed by atoms with Crippen LogP contribution in [0, 0.1) is 0 Å². The molecule has 5 heteroatoms. The molecule has 1 saturated carbocycles. The number of hydrogen-bond acceptors (Lipinski definition) is 4. The van der Waals surface area contributed by atoms with E-state index in [-0.39, 0.29) is 6.04 Å². The third kappa shape index (κ3) is 2.10. The van der Waals surface area contributed by atoms with E-state index in [1.165, 1.54) is 6.42 Å². The van der Waals surface area contributed by atoms with E-state index in [1.807, 2.05) is 0 Å². The molecule has 0 spiro atoms. The molecule has 2 aliphatic rings. The molecule has 4 nitrogen and oxygen atoms in total. The molecule has 82 valence electrons. The molecule has 2 unspecified atom stereocenters. The largest absolute Gasteiger partial charge is 0.326 e. The van der Waals surface area contributed by atoms with Crippen LogP contribution in [0.1, 0.15) is 19.3 Å². The van der Waals surface area contributed by atoms with Gasteiger partial charge in [0.1, 0.15) is 0 Å². The molecule has 0 radical (unpaired) electrons. The zero-order valence-corrected chi connectivity index (χ0v) is 9.17. The lowest BCUT2D eigenvalue weighted by Crippen LogP contribution is -2.50. The average Bonchev–Trinajstić information content (AvgIpc) is 2.52. The number of nitrogens with two attached hydrogens (primary N) is 1. The van der Waals surface area contributed by atoms with Gasteiger partial charge in [-0.3, -0.25) is 4.90 Å². The van der Waals surface area contributed by atoms with E-state index < -0.39 is 9.84 Å². The van der Waals surface area contributed by atoms with Crippen LogP contribution >= 0.6 is 0 Å². The fourth-order valence-corrected chi connectivity index (χ4v) is 3.71. The first-order valence-corrected chi connectivity index (χ1v) is 7.11. The third-order valence-electron chi connectivity index (χ3n) is 3.38. The van der Waals surface area contributed by atoms with Crippen molar-refractivity contribution >= 4 is 9.84 Å². The van der Waals surface area contributed by atoms with Crippen LogP contribution in [-0.2, 0) is 9.84 Å². The van der Waals surface area contributed by atoms with Crippen LogP contribution in [-0.4, -0.2) is 50.0 Å². The van der Waals surface area contributed by atoms with Gasteiger partial charge < -0.3 is 5.73 Å². The maximum atomic E-state index is 11.2. The molecule has 1 aliphatic carbocycles. The molecular weight excluding hydrogens is 200 g/mol. The van der Waals surface area contributed by atoms with Crippen LogP contribution < -0.4 is 5.73 Å². The summed E-state index contributed by atoms with van der Waals surface area (Å²) < 4.78 is 22.5. The van der Waals surface area contributed by atoms with Gasteiger partial charge in [-0.15, -0.1) is 0 Å². The number of sulfone groups is 1. The van der Waals surface area contributed by atoms with E-state index in [9.17, 15) is 8.42 Å². The Kier molecular flexibility index (Phi) is 2.81. The molecule has 1 heterocycles. The van der Waals surface area contributed by atoms with Crippen molar-refractivity contribution < 1.29 is 8.42 Å². The van der Waals surface area contributed by atoms with E-state index >= 15 is 0 Å². The number of rotatable bonds is 1. The van der Waals surface area contributed by atoms with Crippen molar-refractivity contribution in [2.45, 2.75) is 31.3 Å². The van der Waals surface area contributed by atoms with E-state index in [0.717, 1.165) is 12.8 Å². The number of hydrogen-bond donors (Lipinski definition) is 1. The molecular formula is C9H18N2O2S. The zero-order chi connectivity index (χ0) is 10.2. The predicted octanol–water partition coefficient (Wildman–Crippen LogP) is -0.403. The highest BCUT2D eigenvalue weighted by molar-refractivity contribution is 7.91. The minimum Gasteiger partial charge on any atom is -0.326 e. The summed E-state index contributed by atoms with van der Waals surface area (Å²) in [6.45, 7) is 1.36. The molecule has 0 bridgehead atoms. The van der Waals surface area contributed by atoms with Crippen LogP contribution in [0.4, 0.5) is 0 Å². The highest BCUT2D eigenvalue weighted by Crippen LogP contribution is 2.23. The molecule has 1 aliphatic heterocycles. The Bertz CT molecular complexity index is 288. The summed E-state index contributed by atoms with van der Waals surface area (Å²) >= 11 is 0. The van der Waals surface area contributed by atoms with Crippen molar-refractivity contribution in [2.75, 3.05) is 24.6 Å². The SMILES string of the molecule is NC1CCCC1N1CCS(=O)(=O)CC1. The molecule has 0 aromatic rings.